The number of fused-ring (bicyclic) bond motifs is 1. The fraction of sp³-hybridized carbons (Fsp3) is 0.250. The van der Waals surface area contributed by atoms with E-state index in [1.165, 1.54) is 6.08 Å². The van der Waals surface area contributed by atoms with E-state index in [4.69, 9.17) is 0 Å². The van der Waals surface area contributed by atoms with Gasteiger partial charge in [-0.1, -0.05) is 6.08 Å². The molecule has 2 rings (SSSR count). The van der Waals surface area contributed by atoms with Crippen LogP contribution in [0, 0.1) is 5.92 Å². The molecule has 6 heteroatoms. The summed E-state index contributed by atoms with van der Waals surface area (Å²) in [6.07, 6.45) is 1.22. The largest absolute Gasteiger partial charge is 0.291 e. The molecular formula is C8H6N2O4. The molecule has 1 heterocycles. The first-order valence-electron chi connectivity index (χ1n) is 3.98. The monoisotopic (exact) mass is 194 g/mol. The number of amides is 2. The lowest BCUT2D eigenvalue weighted by Crippen LogP contribution is -2.56. The van der Waals surface area contributed by atoms with Crippen LogP contribution in [0.1, 0.15) is 6.42 Å². The molecule has 2 N–H and O–H groups in total. The highest BCUT2D eigenvalue weighted by molar-refractivity contribution is 6.45. The summed E-state index contributed by atoms with van der Waals surface area (Å²) in [5.74, 6) is -3.88. The minimum absolute atomic E-state index is 0.0679. The maximum atomic E-state index is 11.3. The van der Waals surface area contributed by atoms with Crippen LogP contribution in [0.15, 0.2) is 11.6 Å². The fourth-order valence-corrected chi connectivity index (χ4v) is 1.47. The molecule has 1 fully saturated rings. The summed E-state index contributed by atoms with van der Waals surface area (Å²) in [4.78, 5) is 44.6. The Kier molecular flexibility index (Phi) is 1.70. The van der Waals surface area contributed by atoms with Gasteiger partial charge in [0.1, 0.15) is 5.92 Å². The average molecular weight is 194 g/mol. The van der Waals surface area contributed by atoms with E-state index in [0.717, 1.165) is 0 Å². The number of carbonyl (C=O) groups is 4. The van der Waals surface area contributed by atoms with Crippen molar-refractivity contribution in [2.24, 2.45) is 5.92 Å². The van der Waals surface area contributed by atoms with E-state index in [0.29, 0.717) is 0 Å². The van der Waals surface area contributed by atoms with Gasteiger partial charge >= 0.3 is 0 Å². The van der Waals surface area contributed by atoms with Crippen LogP contribution in [-0.4, -0.2) is 23.4 Å². The first kappa shape index (κ1) is 8.61. The molecule has 2 aliphatic rings. The van der Waals surface area contributed by atoms with E-state index >= 15 is 0 Å². The van der Waals surface area contributed by atoms with E-state index in [1.54, 1.807) is 0 Å². The van der Waals surface area contributed by atoms with Crippen LogP contribution in [0.5, 0.6) is 0 Å². The molecule has 72 valence electrons. The van der Waals surface area contributed by atoms with Gasteiger partial charge in [0.05, 0.1) is 0 Å². The standard InChI is InChI=1S/C8H6N2O4/c11-4-2-1-3-5(6(4)12)8(14)10-9-7(3)13/h1,5H,2H2,(H,9,13)(H,10,14). The van der Waals surface area contributed by atoms with Gasteiger partial charge in [-0.2, -0.15) is 0 Å². The highest BCUT2D eigenvalue weighted by atomic mass is 16.2. The fourth-order valence-electron chi connectivity index (χ4n) is 1.47. The molecule has 1 aliphatic carbocycles. The summed E-state index contributed by atoms with van der Waals surface area (Å²) in [6, 6.07) is 0. The highest BCUT2D eigenvalue weighted by Gasteiger charge is 2.42. The van der Waals surface area contributed by atoms with E-state index in [-0.39, 0.29) is 12.0 Å². The Morgan fingerprint density at radius 1 is 1.14 bits per heavy atom. The smallest absolute Gasteiger partial charge is 0.266 e. The number of nitrogens with one attached hydrogen (secondary N) is 2. The molecule has 6 nitrogen and oxygen atoms in total. The van der Waals surface area contributed by atoms with Crippen molar-refractivity contribution in [3.63, 3.8) is 0 Å². The van der Waals surface area contributed by atoms with Crippen molar-refractivity contribution in [2.45, 2.75) is 6.42 Å². The first-order chi connectivity index (χ1) is 6.61. The summed E-state index contributed by atoms with van der Waals surface area (Å²) in [6.45, 7) is 0. The molecule has 0 bridgehead atoms. The van der Waals surface area contributed by atoms with E-state index in [9.17, 15) is 19.2 Å². The predicted octanol–water partition coefficient (Wildman–Crippen LogP) is -1.77. The second-order valence-corrected chi connectivity index (χ2v) is 3.03. The SMILES string of the molecule is O=C1CC=C2C(=O)NNC(=O)C2C1=O. The third-order valence-corrected chi connectivity index (χ3v) is 2.18. The zero-order valence-corrected chi connectivity index (χ0v) is 6.99. The van der Waals surface area contributed by atoms with Crippen molar-refractivity contribution in [1.82, 2.24) is 10.9 Å². The zero-order valence-electron chi connectivity index (χ0n) is 6.99. The molecule has 0 aromatic rings. The molecule has 0 aromatic carbocycles. The number of hydrogen-bond donors (Lipinski definition) is 2. The number of ketones is 2. The third kappa shape index (κ3) is 1.04. The van der Waals surface area contributed by atoms with Gasteiger partial charge in [-0.15, -0.1) is 0 Å². The summed E-state index contributed by atoms with van der Waals surface area (Å²) in [5.41, 5.74) is 4.19. The average Bonchev–Trinajstić information content (AvgIpc) is 2.16. The molecule has 1 aliphatic heterocycles. The molecule has 1 atom stereocenters. The number of hydrogen-bond acceptors (Lipinski definition) is 4. The predicted molar refractivity (Wildman–Crippen MR) is 42.5 cm³/mol. The summed E-state index contributed by atoms with van der Waals surface area (Å²) in [7, 11) is 0. The first-order valence-corrected chi connectivity index (χ1v) is 3.98. The summed E-state index contributed by atoms with van der Waals surface area (Å²) in [5, 5.41) is 0. The summed E-state index contributed by atoms with van der Waals surface area (Å²) >= 11 is 0. The molecule has 1 unspecified atom stereocenters. The van der Waals surface area contributed by atoms with Crippen LogP contribution < -0.4 is 10.9 Å². The molecule has 0 saturated carbocycles. The Morgan fingerprint density at radius 2 is 1.86 bits per heavy atom. The number of allylic oxidation sites excluding steroid dienone is 1. The number of hydrazine groups is 1. The molecule has 0 spiro atoms. The van der Waals surface area contributed by atoms with Gasteiger partial charge in [-0.3, -0.25) is 30.0 Å². The minimum atomic E-state index is -1.25. The lowest BCUT2D eigenvalue weighted by atomic mass is 9.84. The maximum Gasteiger partial charge on any atom is 0.266 e. The Hall–Kier alpha value is -1.98. The van der Waals surface area contributed by atoms with Crippen LogP contribution in [0.4, 0.5) is 0 Å². The maximum absolute atomic E-state index is 11.3. The van der Waals surface area contributed by atoms with Gasteiger partial charge in [0.25, 0.3) is 11.8 Å². The van der Waals surface area contributed by atoms with Gasteiger partial charge < -0.3 is 0 Å². The quantitative estimate of drug-likeness (QED) is 0.352. The van der Waals surface area contributed by atoms with Gasteiger partial charge in [0, 0.05) is 12.0 Å². The van der Waals surface area contributed by atoms with E-state index in [1.807, 2.05) is 5.43 Å². The Balaban J connectivity index is 2.46. The van der Waals surface area contributed by atoms with E-state index in [2.05, 4.69) is 5.43 Å². The van der Waals surface area contributed by atoms with E-state index < -0.39 is 29.3 Å². The van der Waals surface area contributed by atoms with Gasteiger partial charge in [0.15, 0.2) is 0 Å². The van der Waals surface area contributed by atoms with Crippen molar-refractivity contribution < 1.29 is 19.2 Å². The molecule has 2 amide bonds. The molecule has 1 saturated heterocycles. The number of rotatable bonds is 0. The highest BCUT2D eigenvalue weighted by Crippen LogP contribution is 2.22. The lowest BCUT2D eigenvalue weighted by molar-refractivity contribution is -0.145. The second kappa shape index (κ2) is 2.76. The molecule has 0 radical (unpaired) electrons. The van der Waals surface area contributed by atoms with Crippen LogP contribution in [0.3, 0.4) is 0 Å². The summed E-state index contributed by atoms with van der Waals surface area (Å²) < 4.78 is 0. The zero-order chi connectivity index (χ0) is 10.3. The number of carbonyl (C=O) groups excluding carboxylic acids is 4. The van der Waals surface area contributed by atoms with Gasteiger partial charge in [0.2, 0.25) is 11.6 Å². The Bertz CT molecular complexity index is 396. The van der Waals surface area contributed by atoms with Crippen molar-refractivity contribution in [1.29, 1.82) is 0 Å². The van der Waals surface area contributed by atoms with Gasteiger partial charge in [-0.05, 0) is 0 Å². The van der Waals surface area contributed by atoms with Crippen molar-refractivity contribution in [3.05, 3.63) is 11.6 Å². The van der Waals surface area contributed by atoms with Crippen LogP contribution in [0.25, 0.3) is 0 Å². The molecule has 14 heavy (non-hydrogen) atoms. The molecule has 0 aromatic heterocycles. The Morgan fingerprint density at radius 3 is 2.57 bits per heavy atom. The van der Waals surface area contributed by atoms with Crippen molar-refractivity contribution in [2.75, 3.05) is 0 Å². The lowest BCUT2D eigenvalue weighted by Gasteiger charge is -2.25. The Labute approximate surface area is 78.3 Å². The van der Waals surface area contributed by atoms with Crippen molar-refractivity contribution >= 4 is 23.4 Å². The normalized spacial score (nSPS) is 26.3. The van der Waals surface area contributed by atoms with Gasteiger partial charge in [-0.25, -0.2) is 0 Å². The minimum Gasteiger partial charge on any atom is -0.291 e. The molecular weight excluding hydrogens is 188 g/mol. The van der Waals surface area contributed by atoms with Crippen LogP contribution >= 0.6 is 0 Å². The van der Waals surface area contributed by atoms with Crippen LogP contribution in [0.2, 0.25) is 0 Å². The van der Waals surface area contributed by atoms with Crippen LogP contribution in [-0.2, 0) is 19.2 Å². The number of Topliss-reactive ketones (excluding diaryl/α,β-unsaturated/α-hetero) is 2. The second-order valence-electron chi connectivity index (χ2n) is 3.03. The topological polar surface area (TPSA) is 92.3 Å². The third-order valence-electron chi connectivity index (χ3n) is 2.18. The van der Waals surface area contributed by atoms with Crippen molar-refractivity contribution in [3.8, 4) is 0 Å².